The van der Waals surface area contributed by atoms with Crippen LogP contribution in [0.4, 0.5) is 5.69 Å². The summed E-state index contributed by atoms with van der Waals surface area (Å²) < 4.78 is 2.67. The summed E-state index contributed by atoms with van der Waals surface area (Å²) in [6, 6.07) is 7.87. The Morgan fingerprint density at radius 3 is 2.84 bits per heavy atom. The lowest BCUT2D eigenvalue weighted by molar-refractivity contribution is 0.991. The maximum absolute atomic E-state index is 5.89. The summed E-state index contributed by atoms with van der Waals surface area (Å²) in [5.41, 5.74) is 0.980. The Kier molecular flexibility index (Phi) is 3.48. The smallest absolute Gasteiger partial charge is 0.137 e. The standard InChI is InChI=1S/C13H11ClN4S/c14-12-3-2-11(19-12)8-16-10-1-4-13(17-7-10)18-6-5-15-9-18/h1-7,9,16H,8H2. The van der Waals surface area contributed by atoms with Crippen LogP contribution in [0, 0.1) is 0 Å². The minimum Gasteiger partial charge on any atom is -0.379 e. The number of rotatable bonds is 4. The van der Waals surface area contributed by atoms with Crippen LogP contribution in [-0.2, 0) is 6.54 Å². The maximum Gasteiger partial charge on any atom is 0.137 e. The van der Waals surface area contributed by atoms with E-state index in [0.29, 0.717) is 0 Å². The van der Waals surface area contributed by atoms with Gasteiger partial charge in [0.1, 0.15) is 12.1 Å². The summed E-state index contributed by atoms with van der Waals surface area (Å²) in [4.78, 5) is 9.57. The summed E-state index contributed by atoms with van der Waals surface area (Å²) in [6.45, 7) is 0.753. The van der Waals surface area contributed by atoms with E-state index in [1.807, 2.05) is 41.2 Å². The van der Waals surface area contributed by atoms with Crippen LogP contribution in [-0.4, -0.2) is 14.5 Å². The van der Waals surface area contributed by atoms with Gasteiger partial charge in [-0.1, -0.05) is 11.6 Å². The third-order valence-electron chi connectivity index (χ3n) is 2.61. The van der Waals surface area contributed by atoms with Crippen molar-refractivity contribution >= 4 is 28.6 Å². The first-order chi connectivity index (χ1) is 9.31. The number of thiophene rings is 1. The zero-order chi connectivity index (χ0) is 13.1. The van der Waals surface area contributed by atoms with E-state index < -0.39 is 0 Å². The molecule has 3 aromatic heterocycles. The molecule has 0 bridgehead atoms. The molecule has 6 heteroatoms. The molecule has 0 spiro atoms. The predicted molar refractivity (Wildman–Crippen MR) is 78.0 cm³/mol. The van der Waals surface area contributed by atoms with Crippen LogP contribution in [0.1, 0.15) is 4.88 Å². The first-order valence-electron chi connectivity index (χ1n) is 5.74. The topological polar surface area (TPSA) is 42.7 Å². The summed E-state index contributed by atoms with van der Waals surface area (Å²) in [7, 11) is 0. The fourth-order valence-electron chi connectivity index (χ4n) is 1.67. The molecule has 0 amide bonds. The van der Waals surface area contributed by atoms with E-state index in [1.54, 1.807) is 23.9 Å². The molecule has 0 aliphatic rings. The molecule has 3 rings (SSSR count). The van der Waals surface area contributed by atoms with Crippen molar-refractivity contribution in [3.63, 3.8) is 0 Å². The van der Waals surface area contributed by atoms with Gasteiger partial charge in [-0.2, -0.15) is 0 Å². The SMILES string of the molecule is Clc1ccc(CNc2ccc(-n3ccnc3)nc2)s1. The molecule has 0 unspecified atom stereocenters. The van der Waals surface area contributed by atoms with Crippen LogP contribution >= 0.6 is 22.9 Å². The second-order valence-corrected chi connectivity index (χ2v) is 5.73. The van der Waals surface area contributed by atoms with Crippen molar-refractivity contribution in [1.82, 2.24) is 14.5 Å². The molecule has 0 fully saturated rings. The maximum atomic E-state index is 5.89. The van der Waals surface area contributed by atoms with Gasteiger partial charge in [-0.05, 0) is 24.3 Å². The molecular weight excluding hydrogens is 280 g/mol. The molecule has 0 atom stereocenters. The summed E-state index contributed by atoms with van der Waals surface area (Å²) in [5.74, 6) is 0.849. The van der Waals surface area contributed by atoms with Gasteiger partial charge in [0.15, 0.2) is 0 Å². The van der Waals surface area contributed by atoms with Crippen molar-refractivity contribution in [3.8, 4) is 5.82 Å². The highest BCUT2D eigenvalue weighted by Crippen LogP contribution is 2.22. The minimum absolute atomic E-state index is 0.753. The monoisotopic (exact) mass is 290 g/mol. The van der Waals surface area contributed by atoms with E-state index in [1.165, 1.54) is 4.88 Å². The van der Waals surface area contributed by atoms with Gasteiger partial charge in [0.05, 0.1) is 16.2 Å². The summed E-state index contributed by atoms with van der Waals surface area (Å²) >= 11 is 7.47. The summed E-state index contributed by atoms with van der Waals surface area (Å²) in [5, 5.41) is 3.31. The van der Waals surface area contributed by atoms with Crippen LogP contribution in [0.25, 0.3) is 5.82 Å². The van der Waals surface area contributed by atoms with Crippen molar-refractivity contribution in [1.29, 1.82) is 0 Å². The average molecular weight is 291 g/mol. The van der Waals surface area contributed by atoms with Crippen molar-refractivity contribution in [2.75, 3.05) is 5.32 Å². The molecule has 0 saturated heterocycles. The highest BCUT2D eigenvalue weighted by Gasteiger charge is 2.00. The van der Waals surface area contributed by atoms with E-state index in [2.05, 4.69) is 15.3 Å². The molecule has 0 aliphatic carbocycles. The fraction of sp³-hybridized carbons (Fsp3) is 0.0769. The Hall–Kier alpha value is -1.85. The van der Waals surface area contributed by atoms with E-state index >= 15 is 0 Å². The lowest BCUT2D eigenvalue weighted by atomic mass is 10.4. The second kappa shape index (κ2) is 5.42. The van der Waals surface area contributed by atoms with Gasteiger partial charge in [0.2, 0.25) is 0 Å². The molecule has 0 radical (unpaired) electrons. The highest BCUT2D eigenvalue weighted by molar-refractivity contribution is 7.16. The number of nitrogens with one attached hydrogen (secondary N) is 1. The van der Waals surface area contributed by atoms with Crippen LogP contribution in [0.5, 0.6) is 0 Å². The van der Waals surface area contributed by atoms with Crippen LogP contribution in [0.15, 0.2) is 49.2 Å². The molecule has 3 aromatic rings. The van der Waals surface area contributed by atoms with Crippen molar-refractivity contribution in [2.24, 2.45) is 0 Å². The third-order valence-corrected chi connectivity index (χ3v) is 3.84. The number of anilines is 1. The summed E-state index contributed by atoms with van der Waals surface area (Å²) in [6.07, 6.45) is 7.13. The molecule has 3 heterocycles. The fourth-order valence-corrected chi connectivity index (χ4v) is 2.70. The Balaban J connectivity index is 1.66. The number of halogens is 1. The molecule has 0 aromatic carbocycles. The largest absolute Gasteiger partial charge is 0.379 e. The molecule has 4 nitrogen and oxygen atoms in total. The quantitative estimate of drug-likeness (QED) is 0.798. The molecular formula is C13H11ClN4S. The number of pyridine rings is 1. The van der Waals surface area contributed by atoms with E-state index in [4.69, 9.17) is 11.6 Å². The van der Waals surface area contributed by atoms with E-state index in [9.17, 15) is 0 Å². The molecule has 96 valence electrons. The predicted octanol–water partition coefficient (Wildman–Crippen LogP) is 3.59. The van der Waals surface area contributed by atoms with Gasteiger partial charge < -0.3 is 5.32 Å². The Bertz CT molecular complexity index is 646. The normalized spacial score (nSPS) is 10.6. The zero-order valence-corrected chi connectivity index (χ0v) is 11.5. The number of imidazole rings is 1. The van der Waals surface area contributed by atoms with Gasteiger partial charge in [-0.15, -0.1) is 11.3 Å². The second-order valence-electron chi connectivity index (χ2n) is 3.93. The minimum atomic E-state index is 0.753. The van der Waals surface area contributed by atoms with Crippen molar-refractivity contribution in [3.05, 3.63) is 58.4 Å². The Labute approximate surface area is 119 Å². The zero-order valence-electron chi connectivity index (χ0n) is 9.95. The lowest BCUT2D eigenvalue weighted by Gasteiger charge is -2.06. The van der Waals surface area contributed by atoms with Crippen LogP contribution in [0.3, 0.4) is 0 Å². The van der Waals surface area contributed by atoms with Gasteiger partial charge in [0.25, 0.3) is 0 Å². The van der Waals surface area contributed by atoms with Gasteiger partial charge >= 0.3 is 0 Å². The number of aromatic nitrogens is 3. The highest BCUT2D eigenvalue weighted by atomic mass is 35.5. The molecule has 0 saturated carbocycles. The molecule has 19 heavy (non-hydrogen) atoms. The third kappa shape index (κ3) is 2.94. The Morgan fingerprint density at radius 2 is 2.21 bits per heavy atom. The van der Waals surface area contributed by atoms with Gasteiger partial charge in [0, 0.05) is 23.8 Å². The Morgan fingerprint density at radius 1 is 1.26 bits per heavy atom. The van der Waals surface area contributed by atoms with Gasteiger partial charge in [-0.25, -0.2) is 9.97 Å². The number of hydrogen-bond acceptors (Lipinski definition) is 4. The lowest BCUT2D eigenvalue weighted by Crippen LogP contribution is -1.99. The molecule has 0 aliphatic heterocycles. The van der Waals surface area contributed by atoms with Gasteiger partial charge in [-0.3, -0.25) is 4.57 Å². The number of nitrogens with zero attached hydrogens (tertiary/aromatic N) is 3. The molecule has 1 N–H and O–H groups in total. The first-order valence-corrected chi connectivity index (χ1v) is 6.93. The van der Waals surface area contributed by atoms with Crippen molar-refractivity contribution < 1.29 is 0 Å². The first kappa shape index (κ1) is 12.2. The van der Waals surface area contributed by atoms with Crippen molar-refractivity contribution in [2.45, 2.75) is 6.54 Å². The van der Waals surface area contributed by atoms with Crippen LogP contribution < -0.4 is 5.32 Å². The van der Waals surface area contributed by atoms with E-state index in [0.717, 1.165) is 22.4 Å². The average Bonchev–Trinajstić information content (AvgIpc) is 3.08. The van der Waals surface area contributed by atoms with E-state index in [-0.39, 0.29) is 0 Å². The van der Waals surface area contributed by atoms with Crippen LogP contribution in [0.2, 0.25) is 4.34 Å². The number of hydrogen-bond donors (Lipinski definition) is 1.